The molecule has 1 heterocycles. The van der Waals surface area contributed by atoms with Gasteiger partial charge in [0.1, 0.15) is 0 Å². The first kappa shape index (κ1) is 16.1. The van der Waals surface area contributed by atoms with Crippen molar-refractivity contribution in [2.24, 2.45) is 0 Å². The SMILES string of the molecule is Cc1ccc(/C(=C(\c2ccccc2)n2ccnc2)c2ccccc2)cc1. The van der Waals surface area contributed by atoms with Gasteiger partial charge in [0.05, 0.1) is 12.0 Å². The Kier molecular flexibility index (Phi) is 4.48. The Morgan fingerprint density at radius 3 is 1.85 bits per heavy atom. The molecule has 26 heavy (non-hydrogen) atoms. The lowest BCUT2D eigenvalue weighted by Gasteiger charge is -2.18. The summed E-state index contributed by atoms with van der Waals surface area (Å²) in [6, 6.07) is 29.7. The standard InChI is InChI=1S/C24H20N2/c1-19-12-14-21(15-13-19)23(20-8-4-2-5-9-20)24(26-17-16-25-18-26)22-10-6-3-7-11-22/h2-18H,1H3/b24-23+. The maximum absolute atomic E-state index is 4.28. The fourth-order valence-electron chi connectivity index (χ4n) is 3.18. The van der Waals surface area contributed by atoms with E-state index >= 15 is 0 Å². The first-order chi connectivity index (χ1) is 12.8. The average molecular weight is 336 g/mol. The summed E-state index contributed by atoms with van der Waals surface area (Å²) in [5, 5.41) is 0. The predicted molar refractivity (Wildman–Crippen MR) is 108 cm³/mol. The lowest BCUT2D eigenvalue weighted by atomic mass is 9.92. The van der Waals surface area contributed by atoms with Crippen LogP contribution in [0, 0.1) is 6.92 Å². The van der Waals surface area contributed by atoms with E-state index in [1.807, 2.05) is 24.8 Å². The summed E-state index contributed by atoms with van der Waals surface area (Å²) >= 11 is 0. The normalized spacial score (nSPS) is 11.9. The largest absolute Gasteiger partial charge is 0.305 e. The van der Waals surface area contributed by atoms with E-state index in [0.29, 0.717) is 0 Å². The lowest BCUT2D eigenvalue weighted by molar-refractivity contribution is 1.09. The van der Waals surface area contributed by atoms with Crippen LogP contribution >= 0.6 is 0 Å². The van der Waals surface area contributed by atoms with Crippen molar-refractivity contribution in [3.8, 4) is 0 Å². The van der Waals surface area contributed by atoms with Crippen LogP contribution in [0.15, 0.2) is 104 Å². The first-order valence-corrected chi connectivity index (χ1v) is 8.73. The minimum Gasteiger partial charge on any atom is -0.305 e. The second kappa shape index (κ2) is 7.24. The molecule has 4 aromatic rings. The van der Waals surface area contributed by atoms with Gasteiger partial charge in [-0.3, -0.25) is 0 Å². The van der Waals surface area contributed by atoms with Crippen molar-refractivity contribution < 1.29 is 0 Å². The Hall–Kier alpha value is -3.39. The summed E-state index contributed by atoms with van der Waals surface area (Å²) in [5.74, 6) is 0. The Morgan fingerprint density at radius 1 is 0.692 bits per heavy atom. The van der Waals surface area contributed by atoms with Crippen LogP contribution in [-0.4, -0.2) is 9.55 Å². The van der Waals surface area contributed by atoms with Crippen LogP contribution < -0.4 is 0 Å². The second-order valence-corrected chi connectivity index (χ2v) is 6.29. The van der Waals surface area contributed by atoms with E-state index in [1.165, 1.54) is 22.3 Å². The third-order valence-corrected chi connectivity index (χ3v) is 4.45. The highest BCUT2D eigenvalue weighted by molar-refractivity contribution is 5.98. The molecule has 0 amide bonds. The molecule has 0 saturated heterocycles. The van der Waals surface area contributed by atoms with Crippen LogP contribution in [0.25, 0.3) is 11.3 Å². The van der Waals surface area contributed by atoms with Gasteiger partial charge < -0.3 is 4.57 Å². The molecule has 1 aromatic heterocycles. The molecule has 0 aliphatic rings. The fourth-order valence-corrected chi connectivity index (χ4v) is 3.18. The van der Waals surface area contributed by atoms with E-state index < -0.39 is 0 Å². The number of hydrogen-bond acceptors (Lipinski definition) is 1. The molecule has 0 spiro atoms. The quantitative estimate of drug-likeness (QED) is 0.440. The van der Waals surface area contributed by atoms with Crippen LogP contribution in [0.5, 0.6) is 0 Å². The summed E-state index contributed by atoms with van der Waals surface area (Å²) in [7, 11) is 0. The Balaban J connectivity index is 2.07. The van der Waals surface area contributed by atoms with E-state index in [1.54, 1.807) is 0 Å². The highest BCUT2D eigenvalue weighted by Gasteiger charge is 2.15. The van der Waals surface area contributed by atoms with Crippen molar-refractivity contribution in [3.63, 3.8) is 0 Å². The van der Waals surface area contributed by atoms with Crippen molar-refractivity contribution in [3.05, 3.63) is 126 Å². The number of hydrogen-bond donors (Lipinski definition) is 0. The molecule has 0 aliphatic heterocycles. The van der Waals surface area contributed by atoms with Gasteiger partial charge in [0.25, 0.3) is 0 Å². The molecule has 0 radical (unpaired) electrons. The molecule has 2 nitrogen and oxygen atoms in total. The molecule has 0 unspecified atom stereocenters. The maximum atomic E-state index is 4.28. The highest BCUT2D eigenvalue weighted by atomic mass is 15.0. The van der Waals surface area contributed by atoms with Crippen molar-refractivity contribution in [1.82, 2.24) is 9.55 Å². The van der Waals surface area contributed by atoms with Crippen LogP contribution in [0.4, 0.5) is 0 Å². The van der Waals surface area contributed by atoms with Gasteiger partial charge in [0.15, 0.2) is 0 Å². The molecule has 0 bridgehead atoms. The number of nitrogens with zero attached hydrogens (tertiary/aromatic N) is 2. The number of aromatic nitrogens is 2. The molecule has 0 fully saturated rings. The Morgan fingerprint density at radius 2 is 1.27 bits per heavy atom. The van der Waals surface area contributed by atoms with Gasteiger partial charge in [0, 0.05) is 18.0 Å². The lowest BCUT2D eigenvalue weighted by Crippen LogP contribution is -2.02. The van der Waals surface area contributed by atoms with Gasteiger partial charge in [-0.1, -0.05) is 90.5 Å². The molecular weight excluding hydrogens is 316 g/mol. The van der Waals surface area contributed by atoms with Crippen LogP contribution in [0.3, 0.4) is 0 Å². The summed E-state index contributed by atoms with van der Waals surface area (Å²) in [6.45, 7) is 2.11. The summed E-state index contributed by atoms with van der Waals surface area (Å²) in [4.78, 5) is 4.28. The third-order valence-electron chi connectivity index (χ3n) is 4.45. The minimum absolute atomic E-state index is 1.12. The van der Waals surface area contributed by atoms with Crippen molar-refractivity contribution in [2.75, 3.05) is 0 Å². The first-order valence-electron chi connectivity index (χ1n) is 8.73. The van der Waals surface area contributed by atoms with E-state index in [2.05, 4.69) is 95.3 Å². The fraction of sp³-hybridized carbons (Fsp3) is 0.0417. The molecule has 0 N–H and O–H groups in total. The van der Waals surface area contributed by atoms with Crippen LogP contribution in [0.2, 0.25) is 0 Å². The summed E-state index contributed by atoms with van der Waals surface area (Å²) in [5.41, 5.74) is 7.10. The highest BCUT2D eigenvalue weighted by Crippen LogP contribution is 2.33. The average Bonchev–Trinajstić information content (AvgIpc) is 3.22. The third kappa shape index (κ3) is 3.22. The number of imidazole rings is 1. The molecule has 0 saturated carbocycles. The van der Waals surface area contributed by atoms with Crippen molar-refractivity contribution >= 4 is 11.3 Å². The van der Waals surface area contributed by atoms with E-state index in [-0.39, 0.29) is 0 Å². The Labute approximate surface area is 154 Å². The summed E-state index contributed by atoms with van der Waals surface area (Å²) in [6.07, 6.45) is 5.68. The molecule has 126 valence electrons. The topological polar surface area (TPSA) is 17.8 Å². The number of benzene rings is 3. The van der Waals surface area contributed by atoms with Gasteiger partial charge in [-0.2, -0.15) is 0 Å². The van der Waals surface area contributed by atoms with Gasteiger partial charge in [0.2, 0.25) is 0 Å². The van der Waals surface area contributed by atoms with Crippen molar-refractivity contribution in [1.29, 1.82) is 0 Å². The maximum Gasteiger partial charge on any atom is 0.0992 e. The van der Waals surface area contributed by atoms with Gasteiger partial charge in [-0.25, -0.2) is 4.98 Å². The number of aryl methyl sites for hydroxylation is 1. The van der Waals surface area contributed by atoms with Crippen LogP contribution in [0.1, 0.15) is 22.3 Å². The molecule has 2 heteroatoms. The smallest absolute Gasteiger partial charge is 0.0992 e. The molecular formula is C24H20N2. The Bertz CT molecular complexity index is 997. The zero-order valence-electron chi connectivity index (χ0n) is 14.7. The second-order valence-electron chi connectivity index (χ2n) is 6.29. The minimum atomic E-state index is 1.12. The molecule has 3 aromatic carbocycles. The number of rotatable bonds is 4. The van der Waals surface area contributed by atoms with Crippen molar-refractivity contribution in [2.45, 2.75) is 6.92 Å². The zero-order valence-corrected chi connectivity index (χ0v) is 14.7. The molecule has 4 rings (SSSR count). The monoisotopic (exact) mass is 336 g/mol. The van der Waals surface area contributed by atoms with Gasteiger partial charge >= 0.3 is 0 Å². The van der Waals surface area contributed by atoms with Gasteiger partial charge in [-0.15, -0.1) is 0 Å². The van der Waals surface area contributed by atoms with E-state index in [4.69, 9.17) is 0 Å². The van der Waals surface area contributed by atoms with E-state index in [0.717, 1.165) is 11.3 Å². The summed E-state index contributed by atoms with van der Waals surface area (Å²) < 4.78 is 2.09. The van der Waals surface area contributed by atoms with Crippen LogP contribution in [-0.2, 0) is 0 Å². The van der Waals surface area contributed by atoms with Gasteiger partial charge in [-0.05, 0) is 23.6 Å². The molecule has 0 atom stereocenters. The van der Waals surface area contributed by atoms with E-state index in [9.17, 15) is 0 Å². The molecule has 0 aliphatic carbocycles. The predicted octanol–water partition coefficient (Wildman–Crippen LogP) is 5.66. The zero-order chi connectivity index (χ0) is 17.8.